The molecule has 0 N–H and O–H groups in total. The highest BCUT2D eigenvalue weighted by molar-refractivity contribution is 6.35. The van der Waals surface area contributed by atoms with Crippen LogP contribution in [0.5, 0.6) is 0 Å². The van der Waals surface area contributed by atoms with Crippen LogP contribution in [-0.4, -0.2) is 19.5 Å². The van der Waals surface area contributed by atoms with Crippen molar-refractivity contribution in [3.8, 4) is 0 Å². The van der Waals surface area contributed by atoms with Gasteiger partial charge < -0.3 is 4.57 Å². The van der Waals surface area contributed by atoms with Crippen molar-refractivity contribution in [3.63, 3.8) is 0 Å². The normalized spacial score (nSPS) is 12.8. The number of aromatic nitrogens is 4. The van der Waals surface area contributed by atoms with Crippen LogP contribution in [-0.2, 0) is 6.54 Å². The van der Waals surface area contributed by atoms with Gasteiger partial charge in [0.2, 0.25) is 0 Å². The van der Waals surface area contributed by atoms with Gasteiger partial charge in [0.25, 0.3) is 0 Å². The highest BCUT2D eigenvalue weighted by Gasteiger charge is 2.17. The molecule has 3 aromatic rings. The number of nitrogens with zero attached hydrogens (tertiary/aromatic N) is 4. The van der Waals surface area contributed by atoms with Crippen molar-refractivity contribution in [1.82, 2.24) is 19.5 Å². The Labute approximate surface area is 132 Å². The minimum Gasteiger partial charge on any atom is -0.319 e. The molecule has 0 aliphatic heterocycles. The summed E-state index contributed by atoms with van der Waals surface area (Å²) in [5.74, 6) is 1.53. The molecule has 6 heteroatoms. The molecule has 0 aliphatic rings. The molecule has 0 amide bonds. The van der Waals surface area contributed by atoms with Gasteiger partial charge in [-0.3, -0.25) is 0 Å². The zero-order valence-corrected chi connectivity index (χ0v) is 13.2. The lowest BCUT2D eigenvalue weighted by molar-refractivity contribution is 0.721. The molecule has 1 unspecified atom stereocenters. The molecule has 108 valence electrons. The van der Waals surface area contributed by atoms with Crippen LogP contribution < -0.4 is 0 Å². The Kier molecular flexibility index (Phi) is 3.83. The van der Waals surface area contributed by atoms with Crippen LogP contribution in [0.4, 0.5) is 0 Å². The number of hydrogen-bond acceptors (Lipinski definition) is 3. The lowest BCUT2D eigenvalue weighted by atomic mass is 10.3. The number of imidazole rings is 1. The van der Waals surface area contributed by atoms with E-state index in [1.165, 1.54) is 0 Å². The quantitative estimate of drug-likeness (QED) is 0.681. The number of alkyl halides is 1. The minimum atomic E-state index is -0.212. The van der Waals surface area contributed by atoms with E-state index in [4.69, 9.17) is 23.2 Å². The van der Waals surface area contributed by atoms with Gasteiger partial charge in [-0.25, -0.2) is 15.0 Å². The molecule has 0 bridgehead atoms. The van der Waals surface area contributed by atoms with Gasteiger partial charge in [-0.15, -0.1) is 11.6 Å². The van der Waals surface area contributed by atoms with Crippen LogP contribution in [0, 0.1) is 6.92 Å². The summed E-state index contributed by atoms with van der Waals surface area (Å²) in [6.45, 7) is 4.34. The summed E-state index contributed by atoms with van der Waals surface area (Å²) >= 11 is 12.6. The van der Waals surface area contributed by atoms with E-state index < -0.39 is 0 Å². The Morgan fingerprint density at radius 2 is 2.05 bits per heavy atom. The molecular formula is C15H14Cl2N4. The summed E-state index contributed by atoms with van der Waals surface area (Å²) in [5.41, 5.74) is 2.63. The number of para-hydroxylation sites is 1. The Morgan fingerprint density at radius 3 is 2.76 bits per heavy atom. The van der Waals surface area contributed by atoms with Crippen LogP contribution in [0.25, 0.3) is 11.0 Å². The second-order valence-electron chi connectivity index (χ2n) is 4.87. The second kappa shape index (κ2) is 5.62. The van der Waals surface area contributed by atoms with Crippen molar-refractivity contribution in [2.24, 2.45) is 0 Å². The molecule has 0 saturated heterocycles. The number of halogens is 2. The van der Waals surface area contributed by atoms with Crippen LogP contribution in [0.3, 0.4) is 0 Å². The zero-order chi connectivity index (χ0) is 15.0. The third-order valence-corrected chi connectivity index (χ3v) is 3.76. The van der Waals surface area contributed by atoms with Crippen molar-refractivity contribution in [3.05, 3.63) is 52.8 Å². The van der Waals surface area contributed by atoms with E-state index in [0.29, 0.717) is 11.6 Å². The molecule has 4 nitrogen and oxygen atoms in total. The number of aryl methyl sites for hydroxylation is 1. The third-order valence-electron chi connectivity index (χ3n) is 3.26. The number of hydrogen-bond donors (Lipinski definition) is 0. The van der Waals surface area contributed by atoms with Gasteiger partial charge in [0.15, 0.2) is 0 Å². The predicted molar refractivity (Wildman–Crippen MR) is 84.9 cm³/mol. The largest absolute Gasteiger partial charge is 0.319 e. The summed E-state index contributed by atoms with van der Waals surface area (Å²) in [6, 6.07) is 7.57. The molecule has 0 spiro atoms. The maximum Gasteiger partial charge on any atom is 0.128 e. The van der Waals surface area contributed by atoms with Crippen LogP contribution in [0.2, 0.25) is 5.02 Å². The van der Waals surface area contributed by atoms with Crippen molar-refractivity contribution in [2.45, 2.75) is 25.8 Å². The van der Waals surface area contributed by atoms with Crippen molar-refractivity contribution >= 4 is 34.2 Å². The SMILES string of the molecule is Cc1nccc(Cn2c(C(C)Cl)nc3cccc(Cl)c32)n1. The third kappa shape index (κ3) is 2.74. The zero-order valence-electron chi connectivity index (χ0n) is 11.7. The average molecular weight is 321 g/mol. The fourth-order valence-corrected chi connectivity index (χ4v) is 2.82. The Bertz CT molecular complexity index is 795. The van der Waals surface area contributed by atoms with Crippen molar-refractivity contribution in [2.75, 3.05) is 0 Å². The smallest absolute Gasteiger partial charge is 0.128 e. The minimum absolute atomic E-state index is 0.212. The van der Waals surface area contributed by atoms with E-state index in [1.54, 1.807) is 6.20 Å². The van der Waals surface area contributed by atoms with E-state index in [-0.39, 0.29) is 5.38 Å². The number of fused-ring (bicyclic) bond motifs is 1. The highest BCUT2D eigenvalue weighted by atomic mass is 35.5. The Balaban J connectivity index is 2.17. The topological polar surface area (TPSA) is 43.6 Å². The van der Waals surface area contributed by atoms with Gasteiger partial charge in [-0.05, 0) is 32.0 Å². The average Bonchev–Trinajstić information content (AvgIpc) is 2.79. The van der Waals surface area contributed by atoms with Gasteiger partial charge in [-0.1, -0.05) is 17.7 Å². The molecule has 1 atom stereocenters. The fraction of sp³-hybridized carbons (Fsp3) is 0.267. The van der Waals surface area contributed by atoms with Gasteiger partial charge in [0.1, 0.15) is 11.6 Å². The maximum atomic E-state index is 6.34. The highest BCUT2D eigenvalue weighted by Crippen LogP contribution is 2.29. The second-order valence-corrected chi connectivity index (χ2v) is 5.94. The van der Waals surface area contributed by atoms with Gasteiger partial charge in [0.05, 0.1) is 33.7 Å². The molecule has 21 heavy (non-hydrogen) atoms. The molecule has 1 aromatic carbocycles. The first-order valence-corrected chi connectivity index (χ1v) is 7.45. The summed E-state index contributed by atoms with van der Waals surface area (Å²) in [6.07, 6.45) is 1.75. The Morgan fingerprint density at radius 1 is 1.24 bits per heavy atom. The lowest BCUT2D eigenvalue weighted by Gasteiger charge is -2.11. The number of benzene rings is 1. The van der Waals surface area contributed by atoms with Crippen molar-refractivity contribution in [1.29, 1.82) is 0 Å². The molecule has 0 aliphatic carbocycles. The summed E-state index contributed by atoms with van der Waals surface area (Å²) in [5, 5.41) is 0.450. The van der Waals surface area contributed by atoms with Crippen LogP contribution >= 0.6 is 23.2 Å². The first kappa shape index (κ1) is 14.3. The van der Waals surface area contributed by atoms with Gasteiger partial charge in [0, 0.05) is 6.20 Å². The first-order chi connectivity index (χ1) is 10.1. The first-order valence-electron chi connectivity index (χ1n) is 6.63. The summed E-state index contributed by atoms with van der Waals surface area (Å²) in [7, 11) is 0. The molecule has 0 saturated carbocycles. The van der Waals surface area contributed by atoms with E-state index >= 15 is 0 Å². The summed E-state index contributed by atoms with van der Waals surface area (Å²) < 4.78 is 2.02. The lowest BCUT2D eigenvalue weighted by Crippen LogP contribution is -2.08. The van der Waals surface area contributed by atoms with E-state index in [1.807, 2.05) is 42.7 Å². The van der Waals surface area contributed by atoms with Gasteiger partial charge >= 0.3 is 0 Å². The Hall–Kier alpha value is -1.65. The molecule has 0 radical (unpaired) electrons. The van der Waals surface area contributed by atoms with E-state index in [9.17, 15) is 0 Å². The number of rotatable bonds is 3. The standard InChI is InChI=1S/C15H14Cl2N4/c1-9(16)15-20-13-5-3-4-12(17)14(13)21(15)8-11-6-7-18-10(2)19-11/h3-7,9H,8H2,1-2H3. The van der Waals surface area contributed by atoms with Crippen LogP contribution in [0.1, 0.15) is 29.6 Å². The fourth-order valence-electron chi connectivity index (χ4n) is 2.38. The maximum absolute atomic E-state index is 6.34. The van der Waals surface area contributed by atoms with Crippen LogP contribution in [0.15, 0.2) is 30.5 Å². The molecule has 2 aromatic heterocycles. The molecule has 0 fully saturated rings. The molecule has 2 heterocycles. The monoisotopic (exact) mass is 320 g/mol. The molecular weight excluding hydrogens is 307 g/mol. The van der Waals surface area contributed by atoms with E-state index in [2.05, 4.69) is 15.0 Å². The van der Waals surface area contributed by atoms with Gasteiger partial charge in [-0.2, -0.15) is 0 Å². The van der Waals surface area contributed by atoms with Crippen molar-refractivity contribution < 1.29 is 0 Å². The van der Waals surface area contributed by atoms with E-state index in [0.717, 1.165) is 28.4 Å². The predicted octanol–water partition coefficient (Wildman–Crippen LogP) is 4.14. The molecule has 3 rings (SSSR count). The summed E-state index contributed by atoms with van der Waals surface area (Å²) in [4.78, 5) is 13.2.